The van der Waals surface area contributed by atoms with Gasteiger partial charge in [-0.25, -0.2) is 0 Å². The molecular weight excluding hydrogens is 266 g/mol. The molecular formula is C16H21N3O2. The molecule has 0 aromatic heterocycles. The van der Waals surface area contributed by atoms with Crippen molar-refractivity contribution in [3.63, 3.8) is 0 Å². The number of hydrogen-bond acceptors (Lipinski definition) is 4. The lowest BCUT2D eigenvalue weighted by molar-refractivity contribution is -0.133. The molecule has 0 radical (unpaired) electrons. The van der Waals surface area contributed by atoms with Gasteiger partial charge in [0.25, 0.3) is 0 Å². The zero-order chi connectivity index (χ0) is 14.7. The van der Waals surface area contributed by atoms with Gasteiger partial charge in [0.15, 0.2) is 6.10 Å². The van der Waals surface area contributed by atoms with Gasteiger partial charge in [-0.15, -0.1) is 0 Å². The number of nitrogens with two attached hydrogens (primary N) is 1. The van der Waals surface area contributed by atoms with Crippen molar-refractivity contribution in [1.82, 2.24) is 4.90 Å². The summed E-state index contributed by atoms with van der Waals surface area (Å²) in [5.74, 6) is 0.0456. The third kappa shape index (κ3) is 3.24. The Balaban J connectivity index is 1.59. The standard InChI is InChI=1S/C16H21N3O2/c17-14-8-4-5-9-19(16(14)20)11-13-10-15(18-21-13)12-6-2-1-3-7-12/h1-3,6-7,13-14H,4-5,8-11,17H2/t13?,14-/m0/s1. The molecule has 0 aliphatic carbocycles. The molecule has 5 nitrogen and oxygen atoms in total. The van der Waals surface area contributed by atoms with Crippen LogP contribution in [0.3, 0.4) is 0 Å². The summed E-state index contributed by atoms with van der Waals surface area (Å²) in [6.45, 7) is 1.35. The van der Waals surface area contributed by atoms with Crippen LogP contribution in [0.5, 0.6) is 0 Å². The fraction of sp³-hybridized carbons (Fsp3) is 0.500. The highest BCUT2D eigenvalue weighted by Gasteiger charge is 2.29. The summed E-state index contributed by atoms with van der Waals surface area (Å²) < 4.78 is 0. The van der Waals surface area contributed by atoms with Crippen LogP contribution in [0, 0.1) is 0 Å². The van der Waals surface area contributed by atoms with Crippen molar-refractivity contribution in [2.75, 3.05) is 13.1 Å². The summed E-state index contributed by atoms with van der Waals surface area (Å²) >= 11 is 0. The summed E-state index contributed by atoms with van der Waals surface area (Å²) in [4.78, 5) is 19.5. The Morgan fingerprint density at radius 3 is 2.90 bits per heavy atom. The van der Waals surface area contributed by atoms with Crippen LogP contribution in [-0.4, -0.2) is 41.8 Å². The van der Waals surface area contributed by atoms with E-state index in [1.54, 1.807) is 0 Å². The maximum atomic E-state index is 12.2. The van der Waals surface area contributed by atoms with Gasteiger partial charge in [-0.05, 0) is 24.8 Å². The second-order valence-electron chi connectivity index (χ2n) is 5.72. The first-order valence-electron chi connectivity index (χ1n) is 7.56. The Morgan fingerprint density at radius 2 is 2.10 bits per heavy atom. The number of hydrogen-bond donors (Lipinski definition) is 1. The van der Waals surface area contributed by atoms with E-state index in [2.05, 4.69) is 5.16 Å². The van der Waals surface area contributed by atoms with Gasteiger partial charge >= 0.3 is 0 Å². The number of rotatable bonds is 3. The number of amides is 1. The fourth-order valence-corrected chi connectivity index (χ4v) is 2.89. The average molecular weight is 287 g/mol. The highest BCUT2D eigenvalue weighted by atomic mass is 16.6. The van der Waals surface area contributed by atoms with Gasteiger partial charge in [-0.2, -0.15) is 0 Å². The highest BCUT2D eigenvalue weighted by molar-refractivity contribution is 6.01. The quantitative estimate of drug-likeness (QED) is 0.916. The van der Waals surface area contributed by atoms with Crippen molar-refractivity contribution >= 4 is 11.6 Å². The first kappa shape index (κ1) is 14.1. The van der Waals surface area contributed by atoms with Crippen LogP contribution in [0.1, 0.15) is 31.2 Å². The molecule has 1 saturated heterocycles. The van der Waals surface area contributed by atoms with Gasteiger partial charge in [0.05, 0.1) is 18.3 Å². The van der Waals surface area contributed by atoms with Gasteiger partial charge in [-0.1, -0.05) is 35.5 Å². The summed E-state index contributed by atoms with van der Waals surface area (Å²) in [6, 6.07) is 9.65. The van der Waals surface area contributed by atoms with Crippen LogP contribution in [-0.2, 0) is 9.63 Å². The summed E-state index contributed by atoms with van der Waals surface area (Å²) in [5.41, 5.74) is 7.93. The molecule has 2 aliphatic heterocycles. The van der Waals surface area contributed by atoms with E-state index in [0.29, 0.717) is 6.54 Å². The molecule has 21 heavy (non-hydrogen) atoms. The third-order valence-corrected chi connectivity index (χ3v) is 4.09. The minimum absolute atomic E-state index is 0.0456. The van der Waals surface area contributed by atoms with Gasteiger partial charge in [0.2, 0.25) is 5.91 Å². The summed E-state index contributed by atoms with van der Waals surface area (Å²) in [7, 11) is 0. The molecule has 0 bridgehead atoms. The largest absolute Gasteiger partial charge is 0.390 e. The van der Waals surface area contributed by atoms with Crippen molar-refractivity contribution in [3.05, 3.63) is 35.9 Å². The Morgan fingerprint density at radius 1 is 1.29 bits per heavy atom. The molecule has 1 aromatic carbocycles. The van der Waals surface area contributed by atoms with E-state index in [0.717, 1.165) is 43.5 Å². The maximum Gasteiger partial charge on any atom is 0.239 e. The number of carbonyl (C=O) groups is 1. The highest BCUT2D eigenvalue weighted by Crippen LogP contribution is 2.19. The third-order valence-electron chi connectivity index (χ3n) is 4.09. The molecule has 2 N–H and O–H groups in total. The summed E-state index contributed by atoms with van der Waals surface area (Å²) in [5, 5.41) is 4.17. The maximum absolute atomic E-state index is 12.2. The van der Waals surface area contributed by atoms with Crippen LogP contribution < -0.4 is 5.73 Å². The molecule has 1 aromatic rings. The molecule has 2 aliphatic rings. The number of oxime groups is 1. The summed E-state index contributed by atoms with van der Waals surface area (Å²) in [6.07, 6.45) is 3.49. The van der Waals surface area contributed by atoms with E-state index in [9.17, 15) is 4.79 Å². The second kappa shape index (κ2) is 6.26. The molecule has 2 heterocycles. The molecule has 112 valence electrons. The Labute approximate surface area is 124 Å². The average Bonchev–Trinajstić information content (AvgIpc) is 2.92. The molecule has 1 fully saturated rings. The lowest BCUT2D eigenvalue weighted by Gasteiger charge is -2.24. The molecule has 1 amide bonds. The van der Waals surface area contributed by atoms with Crippen LogP contribution in [0.15, 0.2) is 35.5 Å². The number of nitrogens with zero attached hydrogens (tertiary/aromatic N) is 2. The molecule has 1 unspecified atom stereocenters. The van der Waals surface area contributed by atoms with Gasteiger partial charge in [0.1, 0.15) is 0 Å². The Kier molecular flexibility index (Phi) is 4.20. The number of likely N-dealkylation sites (tertiary alicyclic amines) is 1. The lowest BCUT2D eigenvalue weighted by atomic mass is 10.0. The van der Waals surface area contributed by atoms with Crippen molar-refractivity contribution in [3.8, 4) is 0 Å². The van der Waals surface area contributed by atoms with Crippen LogP contribution in [0.4, 0.5) is 0 Å². The Hall–Kier alpha value is -1.88. The van der Waals surface area contributed by atoms with Gasteiger partial charge in [0, 0.05) is 13.0 Å². The van der Waals surface area contributed by atoms with E-state index in [-0.39, 0.29) is 18.1 Å². The predicted molar refractivity (Wildman–Crippen MR) is 80.9 cm³/mol. The van der Waals surface area contributed by atoms with Crippen LogP contribution in [0.2, 0.25) is 0 Å². The van der Waals surface area contributed by atoms with E-state index >= 15 is 0 Å². The molecule has 3 rings (SSSR count). The van der Waals surface area contributed by atoms with Gasteiger partial charge < -0.3 is 15.5 Å². The van der Waals surface area contributed by atoms with Crippen molar-refractivity contribution in [1.29, 1.82) is 0 Å². The first-order valence-corrected chi connectivity index (χ1v) is 7.56. The predicted octanol–water partition coefficient (Wildman–Crippen LogP) is 1.52. The minimum Gasteiger partial charge on any atom is -0.390 e. The van der Waals surface area contributed by atoms with E-state index in [1.807, 2.05) is 35.2 Å². The number of benzene rings is 1. The molecule has 0 saturated carbocycles. The first-order chi connectivity index (χ1) is 10.2. The lowest BCUT2D eigenvalue weighted by Crippen LogP contribution is -2.45. The number of carbonyl (C=O) groups excluding carboxylic acids is 1. The zero-order valence-electron chi connectivity index (χ0n) is 12.1. The molecule has 5 heteroatoms. The topological polar surface area (TPSA) is 67.9 Å². The molecule has 2 atom stereocenters. The van der Waals surface area contributed by atoms with Crippen LogP contribution >= 0.6 is 0 Å². The van der Waals surface area contributed by atoms with Crippen molar-refractivity contribution in [2.45, 2.75) is 37.8 Å². The van der Waals surface area contributed by atoms with Crippen molar-refractivity contribution in [2.24, 2.45) is 10.9 Å². The van der Waals surface area contributed by atoms with Gasteiger partial charge in [-0.3, -0.25) is 4.79 Å². The zero-order valence-corrected chi connectivity index (χ0v) is 12.1. The second-order valence-corrected chi connectivity index (χ2v) is 5.72. The smallest absolute Gasteiger partial charge is 0.239 e. The fourth-order valence-electron chi connectivity index (χ4n) is 2.89. The monoisotopic (exact) mass is 287 g/mol. The van der Waals surface area contributed by atoms with E-state index < -0.39 is 0 Å². The Bertz CT molecular complexity index is 530. The normalized spacial score (nSPS) is 26.2. The van der Waals surface area contributed by atoms with Crippen molar-refractivity contribution < 1.29 is 9.63 Å². The van der Waals surface area contributed by atoms with E-state index in [4.69, 9.17) is 10.6 Å². The minimum atomic E-state index is -0.358. The SMILES string of the molecule is N[C@H]1CCCCN(CC2CC(c3ccccc3)=NO2)C1=O. The van der Waals surface area contributed by atoms with E-state index in [1.165, 1.54) is 0 Å². The van der Waals surface area contributed by atoms with Crippen LogP contribution in [0.25, 0.3) is 0 Å². The molecule has 0 spiro atoms.